The highest BCUT2D eigenvalue weighted by Crippen LogP contribution is 2.32. The molecule has 2 aromatic carbocycles. The Hall–Kier alpha value is -2.47. The predicted octanol–water partition coefficient (Wildman–Crippen LogP) is 3.97. The molecule has 21 heavy (non-hydrogen) atoms. The van der Waals surface area contributed by atoms with Gasteiger partial charge in [0.1, 0.15) is 11.6 Å². The van der Waals surface area contributed by atoms with Crippen LogP contribution < -0.4 is 4.74 Å². The van der Waals surface area contributed by atoms with Crippen LogP contribution in [0.15, 0.2) is 42.5 Å². The molecular weight excluding hydrogens is 277 g/mol. The van der Waals surface area contributed by atoms with Crippen LogP contribution in [0.1, 0.15) is 25.0 Å². The quantitative estimate of drug-likeness (QED) is 0.668. The molecule has 5 nitrogen and oxygen atoms in total. The molecule has 0 amide bonds. The summed E-state index contributed by atoms with van der Waals surface area (Å²) in [5.74, 6) is -0.364. The first kappa shape index (κ1) is 14.9. The second-order valence-corrected chi connectivity index (χ2v) is 4.46. The van der Waals surface area contributed by atoms with Crippen LogP contribution >= 0.6 is 0 Å². The zero-order chi connectivity index (χ0) is 15.4. The van der Waals surface area contributed by atoms with Crippen LogP contribution in [0.25, 0.3) is 0 Å². The molecule has 0 aromatic heterocycles. The molecule has 0 heterocycles. The monoisotopic (exact) mass is 291 g/mol. The molecule has 0 saturated carbocycles. The zero-order valence-corrected chi connectivity index (χ0v) is 11.3. The molecule has 2 aromatic rings. The summed E-state index contributed by atoms with van der Waals surface area (Å²) in [7, 11) is 0. The van der Waals surface area contributed by atoms with Crippen LogP contribution in [0.4, 0.5) is 10.1 Å². The summed E-state index contributed by atoms with van der Waals surface area (Å²) in [4.78, 5) is 10.2. The van der Waals surface area contributed by atoms with Crippen molar-refractivity contribution in [1.29, 1.82) is 0 Å². The van der Waals surface area contributed by atoms with Gasteiger partial charge in [0.05, 0.1) is 17.1 Å². The number of aliphatic hydroxyl groups excluding tert-OH is 1. The fourth-order valence-electron chi connectivity index (χ4n) is 1.84. The SMILES string of the molecule is CC[C@@H](O)c1ccc(Oc2ccc(F)cc2[N+](=O)[O-])cc1. The number of rotatable bonds is 5. The van der Waals surface area contributed by atoms with Gasteiger partial charge in [-0.1, -0.05) is 19.1 Å². The molecule has 1 atom stereocenters. The molecule has 0 bridgehead atoms. The minimum atomic E-state index is -0.701. The van der Waals surface area contributed by atoms with Crippen molar-refractivity contribution in [3.8, 4) is 11.5 Å². The molecule has 0 fully saturated rings. The molecule has 0 aliphatic carbocycles. The van der Waals surface area contributed by atoms with E-state index in [1.807, 2.05) is 6.92 Å². The number of nitro benzene ring substituents is 1. The van der Waals surface area contributed by atoms with Gasteiger partial charge < -0.3 is 9.84 Å². The second kappa shape index (κ2) is 6.32. The van der Waals surface area contributed by atoms with E-state index in [0.29, 0.717) is 12.2 Å². The third-order valence-electron chi connectivity index (χ3n) is 3.00. The van der Waals surface area contributed by atoms with Crippen molar-refractivity contribution in [1.82, 2.24) is 0 Å². The molecule has 6 heteroatoms. The molecule has 0 spiro atoms. The standard InChI is InChI=1S/C15H14FNO4/c1-2-14(18)10-3-6-12(7-4-10)21-15-8-5-11(16)9-13(15)17(19)20/h3-9,14,18H,2H2,1H3/t14-/m1/s1. The lowest BCUT2D eigenvalue weighted by Crippen LogP contribution is -1.96. The zero-order valence-electron chi connectivity index (χ0n) is 11.3. The topological polar surface area (TPSA) is 72.6 Å². The highest BCUT2D eigenvalue weighted by molar-refractivity contribution is 5.48. The van der Waals surface area contributed by atoms with E-state index in [2.05, 4.69) is 0 Å². The largest absolute Gasteiger partial charge is 0.450 e. The van der Waals surface area contributed by atoms with Gasteiger partial charge in [-0.2, -0.15) is 0 Å². The third kappa shape index (κ3) is 3.55. The van der Waals surface area contributed by atoms with E-state index >= 15 is 0 Å². The summed E-state index contributed by atoms with van der Waals surface area (Å²) in [5.41, 5.74) is 0.297. The van der Waals surface area contributed by atoms with E-state index in [-0.39, 0.29) is 5.75 Å². The van der Waals surface area contributed by atoms with Gasteiger partial charge in [-0.25, -0.2) is 4.39 Å². The smallest absolute Gasteiger partial charge is 0.314 e. The maximum Gasteiger partial charge on any atom is 0.314 e. The van der Waals surface area contributed by atoms with Crippen LogP contribution in [0.3, 0.4) is 0 Å². The fourth-order valence-corrected chi connectivity index (χ4v) is 1.84. The molecule has 0 aliphatic rings. The maximum absolute atomic E-state index is 13.0. The van der Waals surface area contributed by atoms with E-state index in [4.69, 9.17) is 4.74 Å². The Morgan fingerprint density at radius 2 is 1.95 bits per heavy atom. The number of nitro groups is 1. The van der Waals surface area contributed by atoms with Gasteiger partial charge >= 0.3 is 5.69 Å². The first-order valence-electron chi connectivity index (χ1n) is 6.41. The molecule has 1 N–H and O–H groups in total. The molecule has 0 aliphatic heterocycles. The number of ether oxygens (including phenoxy) is 1. The number of aliphatic hydroxyl groups is 1. The normalized spacial score (nSPS) is 12.0. The van der Waals surface area contributed by atoms with Crippen molar-refractivity contribution in [2.75, 3.05) is 0 Å². The van der Waals surface area contributed by atoms with Gasteiger partial charge in [0.15, 0.2) is 0 Å². The summed E-state index contributed by atoms with van der Waals surface area (Å²) in [6.07, 6.45) is 0.0307. The highest BCUT2D eigenvalue weighted by atomic mass is 19.1. The van der Waals surface area contributed by atoms with Gasteiger partial charge in [-0.3, -0.25) is 10.1 Å². The molecule has 0 saturated heterocycles. The lowest BCUT2D eigenvalue weighted by Gasteiger charge is -2.10. The van der Waals surface area contributed by atoms with Crippen LogP contribution in [-0.2, 0) is 0 Å². The number of halogens is 1. The van der Waals surface area contributed by atoms with E-state index in [0.717, 1.165) is 17.7 Å². The number of benzene rings is 2. The van der Waals surface area contributed by atoms with Crippen LogP contribution in [0, 0.1) is 15.9 Å². The fraction of sp³-hybridized carbons (Fsp3) is 0.200. The van der Waals surface area contributed by atoms with Crippen molar-refractivity contribution in [2.24, 2.45) is 0 Å². The van der Waals surface area contributed by atoms with E-state index in [9.17, 15) is 19.6 Å². The molecular formula is C15H14FNO4. The number of nitrogens with zero attached hydrogens (tertiary/aromatic N) is 1. The summed E-state index contributed by atoms with van der Waals surface area (Å²) < 4.78 is 18.4. The van der Waals surface area contributed by atoms with Gasteiger partial charge in [0.25, 0.3) is 0 Å². The minimum absolute atomic E-state index is 0.0369. The van der Waals surface area contributed by atoms with Crippen LogP contribution in [0.2, 0.25) is 0 Å². The van der Waals surface area contributed by atoms with E-state index in [1.165, 1.54) is 6.07 Å². The lowest BCUT2D eigenvalue weighted by atomic mass is 10.1. The van der Waals surface area contributed by atoms with Crippen molar-refractivity contribution in [3.63, 3.8) is 0 Å². The van der Waals surface area contributed by atoms with Crippen molar-refractivity contribution in [3.05, 3.63) is 64.0 Å². The lowest BCUT2D eigenvalue weighted by molar-refractivity contribution is -0.385. The summed E-state index contributed by atoms with van der Waals surface area (Å²) in [6, 6.07) is 9.67. The number of hydrogen-bond donors (Lipinski definition) is 1. The molecule has 0 radical (unpaired) electrons. The molecule has 2 rings (SSSR count). The Morgan fingerprint density at radius 3 is 2.52 bits per heavy atom. The van der Waals surface area contributed by atoms with Crippen molar-refractivity contribution in [2.45, 2.75) is 19.4 Å². The Morgan fingerprint density at radius 1 is 1.29 bits per heavy atom. The highest BCUT2D eigenvalue weighted by Gasteiger charge is 2.17. The molecule has 110 valence electrons. The average molecular weight is 291 g/mol. The maximum atomic E-state index is 13.0. The van der Waals surface area contributed by atoms with Gasteiger partial charge in [-0.15, -0.1) is 0 Å². The average Bonchev–Trinajstić information content (AvgIpc) is 2.49. The second-order valence-electron chi connectivity index (χ2n) is 4.46. The first-order chi connectivity index (χ1) is 10.0. The summed E-state index contributed by atoms with van der Waals surface area (Å²) in [5, 5.41) is 20.6. The van der Waals surface area contributed by atoms with Gasteiger partial charge in [-0.05, 0) is 36.2 Å². The van der Waals surface area contributed by atoms with Crippen molar-refractivity contribution >= 4 is 5.69 Å². The van der Waals surface area contributed by atoms with E-state index in [1.54, 1.807) is 24.3 Å². The van der Waals surface area contributed by atoms with Gasteiger partial charge in [0, 0.05) is 0 Å². The Bertz CT molecular complexity index is 643. The van der Waals surface area contributed by atoms with Crippen LogP contribution in [-0.4, -0.2) is 10.0 Å². The Kier molecular flexibility index (Phi) is 4.49. The summed E-state index contributed by atoms with van der Waals surface area (Å²) >= 11 is 0. The Balaban J connectivity index is 2.24. The van der Waals surface area contributed by atoms with Crippen LogP contribution in [0.5, 0.6) is 11.5 Å². The van der Waals surface area contributed by atoms with E-state index < -0.39 is 22.5 Å². The van der Waals surface area contributed by atoms with Gasteiger partial charge in [0.2, 0.25) is 5.75 Å². The van der Waals surface area contributed by atoms with Crippen molar-refractivity contribution < 1.29 is 19.2 Å². The molecule has 0 unspecified atom stereocenters. The first-order valence-corrected chi connectivity index (χ1v) is 6.41. The summed E-state index contributed by atoms with van der Waals surface area (Å²) in [6.45, 7) is 1.86. The number of hydrogen-bond acceptors (Lipinski definition) is 4. The Labute approximate surface area is 120 Å². The third-order valence-corrected chi connectivity index (χ3v) is 3.00. The predicted molar refractivity (Wildman–Crippen MR) is 74.8 cm³/mol. The minimum Gasteiger partial charge on any atom is -0.450 e.